The van der Waals surface area contributed by atoms with Crippen LogP contribution in [0.4, 0.5) is 5.69 Å². The van der Waals surface area contributed by atoms with Crippen LogP contribution < -0.4 is 0 Å². The van der Waals surface area contributed by atoms with Crippen molar-refractivity contribution in [3.8, 4) is 0 Å². The van der Waals surface area contributed by atoms with Crippen molar-refractivity contribution >= 4 is 11.7 Å². The van der Waals surface area contributed by atoms with Crippen LogP contribution in [0.25, 0.3) is 0 Å². The second kappa shape index (κ2) is 3.30. The van der Waals surface area contributed by atoms with Gasteiger partial charge in [-0.15, -0.1) is 0 Å². The minimum atomic E-state index is -0.898. The number of carboxylic acid groups (broad SMARTS) is 1. The van der Waals surface area contributed by atoms with E-state index in [2.05, 4.69) is 0 Å². The van der Waals surface area contributed by atoms with Crippen molar-refractivity contribution in [2.45, 2.75) is 25.2 Å². The molecule has 0 radical (unpaired) electrons. The second-order valence-corrected chi connectivity index (χ2v) is 4.15. The number of aliphatic carboxylic acids is 1. The number of aryl methyl sites for hydroxylation is 1. The first kappa shape index (κ1) is 10.6. The van der Waals surface area contributed by atoms with Crippen LogP contribution in [-0.4, -0.2) is 16.0 Å². The largest absolute Gasteiger partial charge is 0.481 e. The Morgan fingerprint density at radius 1 is 1.50 bits per heavy atom. The fourth-order valence-corrected chi connectivity index (χ4v) is 1.85. The first-order chi connectivity index (χ1) is 7.47. The molecule has 1 N–H and O–H groups in total. The van der Waals surface area contributed by atoms with Gasteiger partial charge in [0.15, 0.2) is 0 Å². The SMILES string of the molecule is Cc1ccc(C2(C(=O)O)CC2)cc1[N+](=O)[O-]. The van der Waals surface area contributed by atoms with Gasteiger partial charge >= 0.3 is 5.97 Å². The van der Waals surface area contributed by atoms with Gasteiger partial charge in [-0.2, -0.15) is 0 Å². The van der Waals surface area contributed by atoms with Crippen molar-refractivity contribution in [2.75, 3.05) is 0 Å². The summed E-state index contributed by atoms with van der Waals surface area (Å²) in [6.07, 6.45) is 1.12. The zero-order valence-electron chi connectivity index (χ0n) is 8.77. The highest BCUT2D eigenvalue weighted by Crippen LogP contribution is 2.49. The highest BCUT2D eigenvalue weighted by atomic mass is 16.6. The molecule has 0 saturated heterocycles. The van der Waals surface area contributed by atoms with Crippen LogP contribution in [0, 0.1) is 17.0 Å². The zero-order chi connectivity index (χ0) is 11.9. The Kier molecular flexibility index (Phi) is 2.18. The molecule has 1 saturated carbocycles. The van der Waals surface area contributed by atoms with Gasteiger partial charge in [0.2, 0.25) is 0 Å². The number of nitro benzene ring substituents is 1. The van der Waals surface area contributed by atoms with Gasteiger partial charge in [-0.05, 0) is 25.3 Å². The van der Waals surface area contributed by atoms with Crippen LogP contribution in [0.1, 0.15) is 24.0 Å². The van der Waals surface area contributed by atoms with Crippen LogP contribution in [0.3, 0.4) is 0 Å². The first-order valence-corrected chi connectivity index (χ1v) is 4.96. The average Bonchev–Trinajstić information content (AvgIpc) is 2.98. The van der Waals surface area contributed by atoms with Crippen molar-refractivity contribution in [3.63, 3.8) is 0 Å². The number of hydrogen-bond acceptors (Lipinski definition) is 3. The van der Waals surface area contributed by atoms with Crippen molar-refractivity contribution in [2.24, 2.45) is 0 Å². The summed E-state index contributed by atoms with van der Waals surface area (Å²) in [5, 5.41) is 19.8. The normalized spacial score (nSPS) is 16.8. The van der Waals surface area contributed by atoms with Crippen molar-refractivity contribution in [3.05, 3.63) is 39.4 Å². The maximum absolute atomic E-state index is 11.1. The molecular weight excluding hydrogens is 210 g/mol. The molecule has 0 atom stereocenters. The van der Waals surface area contributed by atoms with Crippen LogP contribution >= 0.6 is 0 Å². The number of hydrogen-bond donors (Lipinski definition) is 1. The minimum Gasteiger partial charge on any atom is -0.481 e. The number of carboxylic acids is 1. The lowest BCUT2D eigenvalue weighted by molar-refractivity contribution is -0.385. The van der Waals surface area contributed by atoms with Crippen molar-refractivity contribution < 1.29 is 14.8 Å². The predicted molar refractivity (Wildman–Crippen MR) is 56.4 cm³/mol. The lowest BCUT2D eigenvalue weighted by Crippen LogP contribution is -2.19. The fraction of sp³-hybridized carbons (Fsp3) is 0.364. The summed E-state index contributed by atoms with van der Waals surface area (Å²) in [5.41, 5.74) is 0.204. The Bertz CT molecular complexity index is 477. The molecule has 0 unspecified atom stereocenters. The Morgan fingerprint density at radius 3 is 2.56 bits per heavy atom. The maximum Gasteiger partial charge on any atom is 0.314 e. The van der Waals surface area contributed by atoms with E-state index in [4.69, 9.17) is 5.11 Å². The van der Waals surface area contributed by atoms with Gasteiger partial charge in [0.05, 0.1) is 10.3 Å². The number of nitrogens with zero attached hydrogens (tertiary/aromatic N) is 1. The molecule has 0 bridgehead atoms. The Morgan fingerprint density at radius 2 is 2.12 bits per heavy atom. The predicted octanol–water partition coefficient (Wildman–Crippen LogP) is 2.02. The summed E-state index contributed by atoms with van der Waals surface area (Å²) in [5.74, 6) is -0.898. The first-order valence-electron chi connectivity index (χ1n) is 4.96. The number of benzene rings is 1. The van der Waals surface area contributed by atoms with E-state index in [1.165, 1.54) is 6.07 Å². The molecule has 84 valence electrons. The standard InChI is InChI=1S/C11H11NO4/c1-7-2-3-8(6-9(7)12(15)16)11(4-5-11)10(13)14/h2-3,6H,4-5H2,1H3,(H,13,14). The Balaban J connectivity index is 2.48. The summed E-state index contributed by atoms with van der Waals surface area (Å²) in [6, 6.07) is 4.66. The summed E-state index contributed by atoms with van der Waals surface area (Å²) in [7, 11) is 0. The van der Waals surface area contributed by atoms with Crippen LogP contribution in [0.5, 0.6) is 0 Å². The molecule has 0 spiro atoms. The smallest absolute Gasteiger partial charge is 0.314 e. The summed E-state index contributed by atoms with van der Waals surface area (Å²) >= 11 is 0. The van der Waals surface area contributed by atoms with E-state index in [-0.39, 0.29) is 5.69 Å². The fourth-order valence-electron chi connectivity index (χ4n) is 1.85. The molecule has 0 heterocycles. The zero-order valence-corrected chi connectivity index (χ0v) is 8.77. The quantitative estimate of drug-likeness (QED) is 0.625. The van der Waals surface area contributed by atoms with E-state index in [0.29, 0.717) is 24.0 Å². The van der Waals surface area contributed by atoms with Gasteiger partial charge in [0.25, 0.3) is 5.69 Å². The molecule has 5 nitrogen and oxygen atoms in total. The Labute approximate surface area is 91.9 Å². The lowest BCUT2D eigenvalue weighted by Gasteiger charge is -2.10. The summed E-state index contributed by atoms with van der Waals surface area (Å²) in [4.78, 5) is 21.4. The molecule has 1 aliphatic rings. The van der Waals surface area contributed by atoms with E-state index in [1.807, 2.05) is 0 Å². The van der Waals surface area contributed by atoms with Crippen molar-refractivity contribution in [1.82, 2.24) is 0 Å². The van der Waals surface area contributed by atoms with Gasteiger partial charge in [-0.1, -0.05) is 12.1 Å². The second-order valence-electron chi connectivity index (χ2n) is 4.15. The molecule has 16 heavy (non-hydrogen) atoms. The van der Waals surface area contributed by atoms with Crippen LogP contribution in [0.15, 0.2) is 18.2 Å². The molecule has 5 heteroatoms. The van der Waals surface area contributed by atoms with E-state index < -0.39 is 16.3 Å². The van der Waals surface area contributed by atoms with Crippen LogP contribution in [0.2, 0.25) is 0 Å². The summed E-state index contributed by atoms with van der Waals surface area (Å²) in [6.45, 7) is 1.64. The molecule has 0 aromatic heterocycles. The molecule has 0 amide bonds. The minimum absolute atomic E-state index is 0.00924. The van der Waals surface area contributed by atoms with E-state index in [0.717, 1.165) is 0 Å². The molecular formula is C11H11NO4. The van der Waals surface area contributed by atoms with Gasteiger partial charge in [0.1, 0.15) is 0 Å². The van der Waals surface area contributed by atoms with Crippen molar-refractivity contribution in [1.29, 1.82) is 0 Å². The number of nitro groups is 1. The third-order valence-corrected chi connectivity index (χ3v) is 3.12. The number of carbonyl (C=O) groups is 1. The molecule has 1 aromatic rings. The summed E-state index contributed by atoms with van der Waals surface area (Å²) < 4.78 is 0. The molecule has 0 aliphatic heterocycles. The monoisotopic (exact) mass is 221 g/mol. The molecule has 2 rings (SSSR count). The number of rotatable bonds is 3. The third-order valence-electron chi connectivity index (χ3n) is 3.12. The average molecular weight is 221 g/mol. The van der Waals surface area contributed by atoms with Gasteiger partial charge in [0, 0.05) is 11.6 Å². The third kappa shape index (κ3) is 1.44. The highest BCUT2D eigenvalue weighted by molar-refractivity contribution is 5.85. The van der Waals surface area contributed by atoms with Gasteiger partial charge in [-0.3, -0.25) is 14.9 Å². The van der Waals surface area contributed by atoms with E-state index in [9.17, 15) is 14.9 Å². The van der Waals surface area contributed by atoms with E-state index in [1.54, 1.807) is 19.1 Å². The lowest BCUT2D eigenvalue weighted by atomic mass is 9.94. The van der Waals surface area contributed by atoms with Crippen LogP contribution in [-0.2, 0) is 10.2 Å². The molecule has 1 aliphatic carbocycles. The molecule has 1 fully saturated rings. The maximum atomic E-state index is 11.1. The Hall–Kier alpha value is -1.91. The van der Waals surface area contributed by atoms with Gasteiger partial charge < -0.3 is 5.11 Å². The van der Waals surface area contributed by atoms with E-state index >= 15 is 0 Å². The van der Waals surface area contributed by atoms with Gasteiger partial charge in [-0.25, -0.2) is 0 Å². The molecule has 1 aromatic carbocycles. The highest BCUT2D eigenvalue weighted by Gasteiger charge is 2.52. The topological polar surface area (TPSA) is 80.4 Å².